The fourth-order valence-electron chi connectivity index (χ4n) is 5.03. The second kappa shape index (κ2) is 12.1. The number of hydrogen-bond donors (Lipinski definition) is 3. The first kappa shape index (κ1) is 27.8. The third-order valence-electron chi connectivity index (χ3n) is 6.97. The molecule has 2 heterocycles. The Morgan fingerprint density at radius 1 is 1.03 bits per heavy atom. The summed E-state index contributed by atoms with van der Waals surface area (Å²) in [6.45, 7) is 9.48. The van der Waals surface area contributed by atoms with Crippen molar-refractivity contribution in [2.45, 2.75) is 57.7 Å². The number of ether oxygens (including phenoxy) is 1. The highest BCUT2D eigenvalue weighted by Gasteiger charge is 2.31. The van der Waals surface area contributed by atoms with Crippen molar-refractivity contribution in [3.05, 3.63) is 59.7 Å². The Morgan fingerprint density at radius 2 is 1.68 bits per heavy atom. The molecule has 2 aromatic carbocycles. The largest absolute Gasteiger partial charge is 0.478 e. The monoisotopic (exact) mass is 522 g/mol. The van der Waals surface area contributed by atoms with Crippen LogP contribution < -0.4 is 15.5 Å². The molecule has 38 heavy (non-hydrogen) atoms. The summed E-state index contributed by atoms with van der Waals surface area (Å²) in [6.07, 6.45) is 2.42. The minimum absolute atomic E-state index is 0.107. The van der Waals surface area contributed by atoms with E-state index in [4.69, 9.17) is 9.84 Å². The number of carboxylic acid groups (broad SMARTS) is 1. The summed E-state index contributed by atoms with van der Waals surface area (Å²) in [4.78, 5) is 41.4. The first-order chi connectivity index (χ1) is 18.1. The molecule has 1 unspecified atom stereocenters. The summed E-state index contributed by atoms with van der Waals surface area (Å²) >= 11 is 0. The van der Waals surface area contributed by atoms with Gasteiger partial charge < -0.3 is 25.4 Å². The molecule has 0 aromatic heterocycles. The van der Waals surface area contributed by atoms with Crippen molar-refractivity contribution in [1.82, 2.24) is 10.2 Å². The van der Waals surface area contributed by atoms with E-state index in [0.29, 0.717) is 31.2 Å². The summed E-state index contributed by atoms with van der Waals surface area (Å²) in [5.41, 5.74) is 2.24. The third kappa shape index (κ3) is 7.40. The van der Waals surface area contributed by atoms with E-state index in [0.717, 1.165) is 43.9 Å². The zero-order valence-corrected chi connectivity index (χ0v) is 22.4. The topological polar surface area (TPSA) is 111 Å². The van der Waals surface area contributed by atoms with Gasteiger partial charge in [-0.3, -0.25) is 14.5 Å². The lowest BCUT2D eigenvalue weighted by atomic mass is 10.00. The maximum atomic E-state index is 13.2. The van der Waals surface area contributed by atoms with Crippen LogP contribution in [-0.4, -0.2) is 78.3 Å². The lowest BCUT2D eigenvalue weighted by Crippen LogP contribution is -2.54. The van der Waals surface area contributed by atoms with Gasteiger partial charge in [0.15, 0.2) is 0 Å². The number of anilines is 2. The molecule has 9 nitrogen and oxygen atoms in total. The zero-order valence-electron chi connectivity index (χ0n) is 22.4. The predicted octanol–water partition coefficient (Wildman–Crippen LogP) is 3.15. The van der Waals surface area contributed by atoms with Gasteiger partial charge in [-0.25, -0.2) is 4.79 Å². The maximum absolute atomic E-state index is 13.2. The number of piperazine rings is 1. The Balaban J connectivity index is 1.39. The van der Waals surface area contributed by atoms with Crippen molar-refractivity contribution >= 4 is 29.2 Å². The van der Waals surface area contributed by atoms with Gasteiger partial charge in [-0.15, -0.1) is 0 Å². The number of carbonyl (C=O) groups is 3. The van der Waals surface area contributed by atoms with Gasteiger partial charge in [0.25, 0.3) is 0 Å². The molecule has 2 aliphatic rings. The summed E-state index contributed by atoms with van der Waals surface area (Å²) in [6, 6.07) is 13.9. The molecule has 2 aromatic rings. The normalized spacial score (nSPS) is 18.3. The Hall–Kier alpha value is -3.27. The first-order valence-electron chi connectivity index (χ1n) is 13.2. The SMILES string of the molecule is CC(C)(C)NC(Cc1ccc(N2CCN(C3CCOCC3)CC2=O)cc1)C(=O)Nc1ccc(C(=O)O)cc1. The van der Waals surface area contributed by atoms with Crippen LogP contribution in [0.2, 0.25) is 0 Å². The summed E-state index contributed by atoms with van der Waals surface area (Å²) < 4.78 is 5.46. The fraction of sp³-hybridized carbons (Fsp3) is 0.483. The Labute approximate surface area is 224 Å². The quantitative estimate of drug-likeness (QED) is 0.488. The molecule has 2 saturated heterocycles. The molecule has 2 fully saturated rings. The lowest BCUT2D eigenvalue weighted by Gasteiger charge is -2.40. The van der Waals surface area contributed by atoms with Crippen LogP contribution in [0.15, 0.2) is 48.5 Å². The minimum Gasteiger partial charge on any atom is -0.478 e. The average molecular weight is 523 g/mol. The van der Waals surface area contributed by atoms with Crippen LogP contribution in [0.25, 0.3) is 0 Å². The standard InChI is InChI=1S/C29H38N4O5/c1-29(2,3)31-25(27(35)30-22-8-6-21(7-9-22)28(36)37)18-20-4-10-24(11-5-20)33-15-14-32(19-26(33)34)23-12-16-38-17-13-23/h4-11,23,25,31H,12-19H2,1-3H3,(H,30,35)(H,36,37). The van der Waals surface area contributed by atoms with Gasteiger partial charge in [-0.05, 0) is 82.0 Å². The molecule has 0 aliphatic carbocycles. The number of amides is 2. The smallest absolute Gasteiger partial charge is 0.335 e. The van der Waals surface area contributed by atoms with E-state index in [2.05, 4.69) is 15.5 Å². The minimum atomic E-state index is -1.01. The number of aromatic carboxylic acids is 1. The van der Waals surface area contributed by atoms with Gasteiger partial charge in [0.2, 0.25) is 11.8 Å². The number of hydrogen-bond acceptors (Lipinski definition) is 6. The molecule has 3 N–H and O–H groups in total. The molecular formula is C29H38N4O5. The van der Waals surface area contributed by atoms with E-state index in [-0.39, 0.29) is 22.9 Å². The van der Waals surface area contributed by atoms with Gasteiger partial charge in [-0.1, -0.05) is 12.1 Å². The molecule has 204 valence electrons. The molecule has 2 aliphatic heterocycles. The number of carbonyl (C=O) groups excluding carboxylic acids is 2. The van der Waals surface area contributed by atoms with Gasteiger partial charge in [0.1, 0.15) is 0 Å². The van der Waals surface area contributed by atoms with Crippen LogP contribution >= 0.6 is 0 Å². The van der Waals surface area contributed by atoms with Crippen molar-refractivity contribution in [2.75, 3.05) is 43.1 Å². The molecule has 0 bridgehead atoms. The van der Waals surface area contributed by atoms with Crippen LogP contribution in [0.5, 0.6) is 0 Å². The highest BCUT2D eigenvalue weighted by Crippen LogP contribution is 2.23. The van der Waals surface area contributed by atoms with Gasteiger partial charge in [0.05, 0.1) is 18.2 Å². The molecule has 9 heteroatoms. The zero-order chi connectivity index (χ0) is 27.3. The van der Waals surface area contributed by atoms with E-state index in [1.165, 1.54) is 12.1 Å². The van der Waals surface area contributed by atoms with E-state index < -0.39 is 12.0 Å². The lowest BCUT2D eigenvalue weighted by molar-refractivity contribution is -0.122. The molecule has 0 spiro atoms. The Morgan fingerprint density at radius 3 is 2.26 bits per heavy atom. The number of nitrogens with one attached hydrogen (secondary N) is 2. The van der Waals surface area contributed by atoms with Crippen molar-refractivity contribution in [2.24, 2.45) is 0 Å². The highest BCUT2D eigenvalue weighted by atomic mass is 16.5. The second-order valence-corrected chi connectivity index (χ2v) is 11.0. The molecule has 1 atom stereocenters. The Bertz CT molecular complexity index is 1120. The van der Waals surface area contributed by atoms with Gasteiger partial charge >= 0.3 is 5.97 Å². The van der Waals surface area contributed by atoms with Gasteiger partial charge in [0, 0.05) is 49.3 Å². The summed E-state index contributed by atoms with van der Waals surface area (Å²) in [7, 11) is 0. The second-order valence-electron chi connectivity index (χ2n) is 11.0. The van der Waals surface area contributed by atoms with Gasteiger partial charge in [-0.2, -0.15) is 0 Å². The van der Waals surface area contributed by atoms with Crippen LogP contribution in [0.1, 0.15) is 49.5 Å². The fourth-order valence-corrected chi connectivity index (χ4v) is 5.03. The van der Waals surface area contributed by atoms with Crippen molar-refractivity contribution in [1.29, 1.82) is 0 Å². The highest BCUT2D eigenvalue weighted by molar-refractivity contribution is 5.96. The number of rotatable bonds is 8. The van der Waals surface area contributed by atoms with Crippen molar-refractivity contribution in [3.8, 4) is 0 Å². The molecule has 4 rings (SSSR count). The van der Waals surface area contributed by atoms with Crippen molar-refractivity contribution < 1.29 is 24.2 Å². The average Bonchev–Trinajstić information content (AvgIpc) is 2.89. The molecular weight excluding hydrogens is 484 g/mol. The van der Waals surface area contributed by atoms with Crippen LogP contribution in [-0.2, 0) is 20.7 Å². The van der Waals surface area contributed by atoms with Crippen LogP contribution in [0.4, 0.5) is 11.4 Å². The van der Waals surface area contributed by atoms with E-state index >= 15 is 0 Å². The van der Waals surface area contributed by atoms with E-state index in [1.807, 2.05) is 49.9 Å². The third-order valence-corrected chi connectivity index (χ3v) is 6.97. The van der Waals surface area contributed by atoms with E-state index in [1.54, 1.807) is 12.1 Å². The predicted molar refractivity (Wildman–Crippen MR) is 147 cm³/mol. The summed E-state index contributed by atoms with van der Waals surface area (Å²) in [5.74, 6) is -1.11. The van der Waals surface area contributed by atoms with Crippen molar-refractivity contribution in [3.63, 3.8) is 0 Å². The molecule has 0 radical (unpaired) electrons. The first-order valence-corrected chi connectivity index (χ1v) is 13.2. The summed E-state index contributed by atoms with van der Waals surface area (Å²) in [5, 5.41) is 15.4. The number of nitrogens with zero attached hydrogens (tertiary/aromatic N) is 2. The van der Waals surface area contributed by atoms with E-state index in [9.17, 15) is 14.4 Å². The number of benzene rings is 2. The Kier molecular flexibility index (Phi) is 8.81. The number of carboxylic acids is 1. The van der Waals surface area contributed by atoms with Crippen LogP contribution in [0, 0.1) is 0 Å². The van der Waals surface area contributed by atoms with Crippen LogP contribution in [0.3, 0.4) is 0 Å². The maximum Gasteiger partial charge on any atom is 0.335 e. The molecule has 0 saturated carbocycles. The molecule has 2 amide bonds.